The highest BCUT2D eigenvalue weighted by Crippen LogP contribution is 2.27. The van der Waals surface area contributed by atoms with E-state index < -0.39 is 12.1 Å². The smallest absolute Gasteiger partial charge is 0.246 e. The minimum atomic E-state index is -0.493. The van der Waals surface area contributed by atoms with Crippen LogP contribution in [0.4, 0.5) is 0 Å². The Bertz CT molecular complexity index is 488. The zero-order chi connectivity index (χ0) is 14.9. The minimum Gasteiger partial charge on any atom is -0.467 e. The fourth-order valence-corrected chi connectivity index (χ4v) is 2.51. The summed E-state index contributed by atoms with van der Waals surface area (Å²) < 4.78 is 5.31. The van der Waals surface area contributed by atoms with Crippen LogP contribution in [0.15, 0.2) is 22.8 Å². The molecule has 0 saturated carbocycles. The Morgan fingerprint density at radius 1 is 1.35 bits per heavy atom. The first-order valence-corrected chi connectivity index (χ1v) is 6.98. The van der Waals surface area contributed by atoms with E-state index in [1.165, 1.54) is 0 Å². The first kappa shape index (κ1) is 14.6. The summed E-state index contributed by atoms with van der Waals surface area (Å²) in [5.74, 6) is 0.568. The highest BCUT2D eigenvalue weighted by Gasteiger charge is 2.44. The van der Waals surface area contributed by atoms with Gasteiger partial charge in [0.1, 0.15) is 17.8 Å². The Morgan fingerprint density at radius 3 is 2.55 bits per heavy atom. The summed E-state index contributed by atoms with van der Waals surface area (Å²) in [7, 11) is 0. The second-order valence-corrected chi connectivity index (χ2v) is 6.28. The Hall–Kier alpha value is -1.78. The standard InChI is InChI=1S/C15H22N2O3/c1-5-11-13(18)16-12(15(2,3)4)14(19)17(11)9-10-7-6-8-20-10/h6-8,11-12H,5,9H2,1-4H3,(H,16,18). The predicted octanol–water partition coefficient (Wildman–Crippen LogP) is 1.93. The van der Waals surface area contributed by atoms with Crippen molar-refractivity contribution in [3.05, 3.63) is 24.2 Å². The van der Waals surface area contributed by atoms with Crippen LogP contribution in [0.3, 0.4) is 0 Å². The molecule has 5 nitrogen and oxygen atoms in total. The van der Waals surface area contributed by atoms with Crippen molar-refractivity contribution in [1.29, 1.82) is 0 Å². The van der Waals surface area contributed by atoms with Crippen molar-refractivity contribution < 1.29 is 14.0 Å². The first-order valence-electron chi connectivity index (χ1n) is 6.98. The fourth-order valence-electron chi connectivity index (χ4n) is 2.51. The summed E-state index contributed by atoms with van der Waals surface area (Å²) >= 11 is 0. The number of amides is 2. The van der Waals surface area contributed by atoms with Gasteiger partial charge in [-0.2, -0.15) is 0 Å². The van der Waals surface area contributed by atoms with Gasteiger partial charge in [0.05, 0.1) is 12.8 Å². The van der Waals surface area contributed by atoms with Crippen molar-refractivity contribution in [2.75, 3.05) is 0 Å². The van der Waals surface area contributed by atoms with Crippen LogP contribution < -0.4 is 5.32 Å². The number of rotatable bonds is 3. The van der Waals surface area contributed by atoms with E-state index in [4.69, 9.17) is 4.42 Å². The molecule has 20 heavy (non-hydrogen) atoms. The SMILES string of the molecule is CCC1C(=O)NC(C(C)(C)C)C(=O)N1Cc1ccco1. The van der Waals surface area contributed by atoms with Crippen molar-refractivity contribution in [3.63, 3.8) is 0 Å². The summed E-state index contributed by atoms with van der Waals surface area (Å²) in [6.07, 6.45) is 2.17. The van der Waals surface area contributed by atoms with E-state index in [2.05, 4.69) is 5.32 Å². The third-order valence-corrected chi connectivity index (χ3v) is 3.65. The van der Waals surface area contributed by atoms with Crippen molar-refractivity contribution in [2.45, 2.75) is 52.7 Å². The molecule has 110 valence electrons. The maximum absolute atomic E-state index is 12.7. The van der Waals surface area contributed by atoms with Gasteiger partial charge in [-0.25, -0.2) is 0 Å². The van der Waals surface area contributed by atoms with Crippen LogP contribution >= 0.6 is 0 Å². The lowest BCUT2D eigenvalue weighted by molar-refractivity contribution is -0.153. The summed E-state index contributed by atoms with van der Waals surface area (Å²) in [6, 6.07) is 2.68. The van der Waals surface area contributed by atoms with Crippen molar-refractivity contribution in [2.24, 2.45) is 5.41 Å². The monoisotopic (exact) mass is 278 g/mol. The van der Waals surface area contributed by atoms with Crippen molar-refractivity contribution in [3.8, 4) is 0 Å². The molecule has 2 atom stereocenters. The Morgan fingerprint density at radius 2 is 2.05 bits per heavy atom. The molecule has 1 fully saturated rings. The second-order valence-electron chi connectivity index (χ2n) is 6.28. The fraction of sp³-hybridized carbons (Fsp3) is 0.600. The van der Waals surface area contributed by atoms with E-state index >= 15 is 0 Å². The van der Waals surface area contributed by atoms with Gasteiger partial charge < -0.3 is 14.6 Å². The summed E-state index contributed by atoms with van der Waals surface area (Å²) in [4.78, 5) is 26.5. The molecule has 5 heteroatoms. The number of hydrogen-bond acceptors (Lipinski definition) is 3. The van der Waals surface area contributed by atoms with E-state index in [0.717, 1.165) is 0 Å². The average molecular weight is 278 g/mol. The van der Waals surface area contributed by atoms with Crippen LogP contribution in [0.1, 0.15) is 39.9 Å². The maximum Gasteiger partial charge on any atom is 0.246 e. The minimum absolute atomic E-state index is 0.0413. The maximum atomic E-state index is 12.7. The van der Waals surface area contributed by atoms with Crippen LogP contribution in [0.25, 0.3) is 0 Å². The van der Waals surface area contributed by atoms with Gasteiger partial charge in [0.15, 0.2) is 0 Å². The van der Waals surface area contributed by atoms with Gasteiger partial charge in [0, 0.05) is 0 Å². The Balaban J connectivity index is 2.28. The van der Waals surface area contributed by atoms with Crippen molar-refractivity contribution in [1.82, 2.24) is 10.2 Å². The van der Waals surface area contributed by atoms with Crippen LogP contribution in [-0.4, -0.2) is 28.8 Å². The Kier molecular flexibility index (Phi) is 3.88. The molecule has 2 heterocycles. The van der Waals surface area contributed by atoms with Gasteiger partial charge in [-0.15, -0.1) is 0 Å². The molecule has 1 aromatic heterocycles. The molecule has 0 radical (unpaired) electrons. The average Bonchev–Trinajstić information content (AvgIpc) is 2.85. The molecule has 2 unspecified atom stereocenters. The number of hydrogen-bond donors (Lipinski definition) is 1. The molecule has 0 aromatic carbocycles. The third kappa shape index (κ3) is 2.71. The highest BCUT2D eigenvalue weighted by atomic mass is 16.3. The van der Waals surface area contributed by atoms with E-state index in [-0.39, 0.29) is 17.2 Å². The predicted molar refractivity (Wildman–Crippen MR) is 74.7 cm³/mol. The van der Waals surface area contributed by atoms with Gasteiger partial charge in [0.2, 0.25) is 11.8 Å². The molecule has 1 saturated heterocycles. The number of piperazine rings is 1. The summed E-state index contributed by atoms with van der Waals surface area (Å²) in [5, 5.41) is 2.86. The molecule has 2 rings (SSSR count). The van der Waals surface area contributed by atoms with Crippen LogP contribution in [0.2, 0.25) is 0 Å². The molecule has 0 spiro atoms. The molecule has 1 N–H and O–H groups in total. The zero-order valence-electron chi connectivity index (χ0n) is 12.5. The molecule has 1 aromatic rings. The molecule has 1 aliphatic heterocycles. The first-order chi connectivity index (χ1) is 9.34. The molecular formula is C15H22N2O3. The molecule has 2 amide bonds. The lowest BCUT2D eigenvalue weighted by atomic mass is 9.83. The van der Waals surface area contributed by atoms with Gasteiger partial charge in [-0.3, -0.25) is 9.59 Å². The zero-order valence-corrected chi connectivity index (χ0v) is 12.5. The molecule has 1 aliphatic rings. The number of carbonyl (C=O) groups excluding carboxylic acids is 2. The van der Waals surface area contributed by atoms with Crippen LogP contribution in [0, 0.1) is 5.41 Å². The number of nitrogens with one attached hydrogen (secondary N) is 1. The molecular weight excluding hydrogens is 256 g/mol. The molecule has 0 aliphatic carbocycles. The summed E-state index contributed by atoms with van der Waals surface area (Å²) in [6.45, 7) is 8.10. The van der Waals surface area contributed by atoms with Gasteiger partial charge in [-0.05, 0) is 24.0 Å². The van der Waals surface area contributed by atoms with Crippen LogP contribution in [0.5, 0.6) is 0 Å². The van der Waals surface area contributed by atoms with E-state index in [9.17, 15) is 9.59 Å². The van der Waals surface area contributed by atoms with E-state index in [0.29, 0.717) is 18.7 Å². The lowest BCUT2D eigenvalue weighted by Crippen LogP contribution is -2.66. The van der Waals surface area contributed by atoms with Crippen LogP contribution in [-0.2, 0) is 16.1 Å². The number of carbonyl (C=O) groups is 2. The topological polar surface area (TPSA) is 62.6 Å². The van der Waals surface area contributed by atoms with Gasteiger partial charge >= 0.3 is 0 Å². The number of nitrogens with zero attached hydrogens (tertiary/aromatic N) is 1. The summed E-state index contributed by atoms with van der Waals surface area (Å²) in [5.41, 5.74) is -0.313. The second kappa shape index (κ2) is 5.31. The third-order valence-electron chi connectivity index (χ3n) is 3.65. The van der Waals surface area contributed by atoms with E-state index in [1.54, 1.807) is 17.2 Å². The van der Waals surface area contributed by atoms with E-state index in [1.807, 2.05) is 33.8 Å². The Labute approximate surface area is 119 Å². The molecule has 0 bridgehead atoms. The highest BCUT2D eigenvalue weighted by molar-refractivity contribution is 5.97. The number of furan rings is 1. The lowest BCUT2D eigenvalue weighted by Gasteiger charge is -2.42. The largest absolute Gasteiger partial charge is 0.467 e. The van der Waals surface area contributed by atoms with Crippen molar-refractivity contribution >= 4 is 11.8 Å². The van der Waals surface area contributed by atoms with Gasteiger partial charge in [0.25, 0.3) is 0 Å². The van der Waals surface area contributed by atoms with Gasteiger partial charge in [-0.1, -0.05) is 27.7 Å². The normalized spacial score (nSPS) is 23.9. The quantitative estimate of drug-likeness (QED) is 0.919.